The predicted molar refractivity (Wildman–Crippen MR) is 164 cm³/mol. The highest BCUT2D eigenvalue weighted by Crippen LogP contribution is 2.43. The third-order valence-corrected chi connectivity index (χ3v) is 10.1. The van der Waals surface area contributed by atoms with Crippen LogP contribution in [0.1, 0.15) is 51.5 Å². The molecule has 0 aliphatic carbocycles. The van der Waals surface area contributed by atoms with Gasteiger partial charge < -0.3 is 19.8 Å². The van der Waals surface area contributed by atoms with Crippen LogP contribution in [0.4, 0.5) is 23.4 Å². The Kier molecular flexibility index (Phi) is 7.51. The van der Waals surface area contributed by atoms with E-state index < -0.39 is 46.9 Å². The van der Waals surface area contributed by atoms with Crippen LogP contribution in [-0.2, 0) is 6.42 Å². The largest absolute Gasteiger partial charge is 0.508 e. The molecule has 3 saturated heterocycles. The molecule has 7 rings (SSSR count). The van der Waals surface area contributed by atoms with Crippen molar-refractivity contribution < 1.29 is 32.5 Å². The van der Waals surface area contributed by atoms with Crippen molar-refractivity contribution in [2.24, 2.45) is 0 Å². The second-order valence-corrected chi connectivity index (χ2v) is 12.8. The molecule has 0 unspecified atom stereocenters. The number of aryl methyl sites for hydroxylation is 1. The van der Waals surface area contributed by atoms with Gasteiger partial charge in [-0.05, 0) is 91.7 Å². The fourth-order valence-corrected chi connectivity index (χ4v) is 7.80. The molecule has 0 spiro atoms. The summed E-state index contributed by atoms with van der Waals surface area (Å²) in [7, 11) is 0. The summed E-state index contributed by atoms with van der Waals surface area (Å²) in [5, 5.41) is 22.0. The van der Waals surface area contributed by atoms with Gasteiger partial charge in [-0.2, -0.15) is 9.97 Å². The van der Waals surface area contributed by atoms with E-state index in [1.165, 1.54) is 24.3 Å². The van der Waals surface area contributed by atoms with Crippen molar-refractivity contribution in [3.05, 3.63) is 53.3 Å². The summed E-state index contributed by atoms with van der Waals surface area (Å²) < 4.78 is 68.6. The second-order valence-electron chi connectivity index (χ2n) is 12.8. The number of phenolic OH excluding ortho intramolecular Hbond substituents is 1. The number of halogens is 4. The molecule has 0 radical (unpaired) electrons. The molecule has 4 atom stereocenters. The van der Waals surface area contributed by atoms with E-state index in [-0.39, 0.29) is 52.6 Å². The molecular weight excluding hydrogens is 588 g/mol. The summed E-state index contributed by atoms with van der Waals surface area (Å²) in [6, 6.07) is 6.03. The summed E-state index contributed by atoms with van der Waals surface area (Å²) in [6.07, 6.45) is 1.85. The van der Waals surface area contributed by atoms with Crippen molar-refractivity contribution in [1.29, 1.82) is 0 Å². The monoisotopic (exact) mass is 624 g/mol. The molecule has 0 amide bonds. The minimum absolute atomic E-state index is 0.00285. The van der Waals surface area contributed by atoms with E-state index in [1.54, 1.807) is 6.92 Å². The lowest BCUT2D eigenvalue weighted by molar-refractivity contribution is 0.107. The van der Waals surface area contributed by atoms with Crippen LogP contribution in [-0.4, -0.2) is 75.2 Å². The van der Waals surface area contributed by atoms with Gasteiger partial charge in [-0.25, -0.2) is 17.6 Å². The van der Waals surface area contributed by atoms with Crippen molar-refractivity contribution in [3.8, 4) is 22.9 Å². The van der Waals surface area contributed by atoms with E-state index in [9.17, 15) is 19.0 Å². The van der Waals surface area contributed by atoms with Gasteiger partial charge in [-0.1, -0.05) is 13.0 Å². The average molecular weight is 625 g/mol. The van der Waals surface area contributed by atoms with E-state index in [0.29, 0.717) is 43.1 Å². The van der Waals surface area contributed by atoms with Gasteiger partial charge in [0.15, 0.2) is 5.82 Å². The number of hydrogen-bond donors (Lipinski definition) is 2. The Morgan fingerprint density at radius 3 is 2.69 bits per heavy atom. The number of ether oxygens (including phenoxy) is 1. The zero-order valence-electron chi connectivity index (χ0n) is 25.3. The summed E-state index contributed by atoms with van der Waals surface area (Å²) >= 11 is 0. The van der Waals surface area contributed by atoms with Crippen LogP contribution >= 0.6 is 0 Å². The highest BCUT2D eigenvalue weighted by atomic mass is 19.1. The van der Waals surface area contributed by atoms with Crippen LogP contribution in [0, 0.1) is 17.5 Å². The smallest absolute Gasteiger partial charge is 0.319 e. The maximum Gasteiger partial charge on any atom is 0.319 e. The van der Waals surface area contributed by atoms with E-state index in [0.717, 1.165) is 25.5 Å². The van der Waals surface area contributed by atoms with Crippen LogP contribution in [0.5, 0.6) is 11.8 Å². The number of phenols is 1. The van der Waals surface area contributed by atoms with Crippen LogP contribution in [0.3, 0.4) is 0 Å². The van der Waals surface area contributed by atoms with Gasteiger partial charge >= 0.3 is 6.01 Å². The lowest BCUT2D eigenvalue weighted by atomic mass is 9.91. The van der Waals surface area contributed by atoms with Gasteiger partial charge in [0.2, 0.25) is 0 Å². The van der Waals surface area contributed by atoms with E-state index in [1.807, 2.05) is 11.8 Å². The summed E-state index contributed by atoms with van der Waals surface area (Å²) in [6.45, 7) is 5.29. The number of anilines is 1. The lowest BCUT2D eigenvalue weighted by Crippen LogP contribution is -2.47. The quantitative estimate of drug-likeness (QED) is 0.239. The number of alkyl halides is 1. The molecule has 45 heavy (non-hydrogen) atoms. The topological polar surface area (TPSA) is 82.0 Å². The van der Waals surface area contributed by atoms with Gasteiger partial charge in [0, 0.05) is 24.9 Å². The standard InChI is InChI=1S/C34H36F4N4O3/c1-3-22-25(36)8-7-19-12-21(43)13-23(28(19)22)29-26(37)14-24-31(30(29)38)39-33(40-32(24)42-11-4-6-27(44)18(42)2)45-17-34-9-5-10-41(34)16-20(35)15-34/h7-8,12-14,18,20,27,43-44H,3-6,9-11,15-17H2,1-2H3/t18-,20+,27+,34-/m0/s1. The van der Waals surface area contributed by atoms with Crippen LogP contribution in [0.2, 0.25) is 0 Å². The van der Waals surface area contributed by atoms with Crippen LogP contribution in [0.15, 0.2) is 30.3 Å². The highest BCUT2D eigenvalue weighted by molar-refractivity contribution is 6.03. The van der Waals surface area contributed by atoms with Crippen molar-refractivity contribution in [1.82, 2.24) is 14.9 Å². The summed E-state index contributed by atoms with van der Waals surface area (Å²) in [4.78, 5) is 13.0. The first kappa shape index (κ1) is 30.0. The number of benzene rings is 3. The molecule has 3 aliphatic heterocycles. The number of rotatable bonds is 6. The van der Waals surface area contributed by atoms with Gasteiger partial charge in [-0.15, -0.1) is 0 Å². The Morgan fingerprint density at radius 1 is 1.07 bits per heavy atom. The molecule has 11 heteroatoms. The third kappa shape index (κ3) is 4.95. The number of nitrogens with zero attached hydrogens (tertiary/aromatic N) is 4. The Balaban J connectivity index is 1.42. The molecule has 3 fully saturated rings. The average Bonchev–Trinajstić information content (AvgIpc) is 3.53. The minimum atomic E-state index is -1.01. The van der Waals surface area contributed by atoms with E-state index in [4.69, 9.17) is 4.74 Å². The Bertz CT molecular complexity index is 1810. The van der Waals surface area contributed by atoms with Crippen molar-refractivity contribution in [3.63, 3.8) is 0 Å². The second kappa shape index (κ2) is 11.3. The third-order valence-electron chi connectivity index (χ3n) is 10.1. The predicted octanol–water partition coefficient (Wildman–Crippen LogP) is 6.44. The lowest BCUT2D eigenvalue weighted by Gasteiger charge is -2.38. The molecule has 1 aromatic heterocycles. The van der Waals surface area contributed by atoms with E-state index >= 15 is 8.78 Å². The number of piperidine rings is 1. The zero-order valence-corrected chi connectivity index (χ0v) is 25.3. The maximum atomic E-state index is 16.8. The van der Waals surface area contributed by atoms with Gasteiger partial charge in [0.1, 0.15) is 41.5 Å². The zero-order chi connectivity index (χ0) is 31.6. The SMILES string of the molecule is CCc1c(F)ccc2cc(O)cc(-c3c(F)cc4c(N5CCC[C@@H](O)[C@@H]5C)nc(OC[C@@]56CCCN5C[C@H](F)C6)nc4c3F)c12. The fraction of sp³-hybridized carbons (Fsp3) is 0.471. The summed E-state index contributed by atoms with van der Waals surface area (Å²) in [5.41, 5.74) is -0.890. The van der Waals surface area contributed by atoms with Crippen LogP contribution in [0.25, 0.3) is 32.8 Å². The molecule has 238 valence electrons. The van der Waals surface area contributed by atoms with Gasteiger partial charge in [-0.3, -0.25) is 4.90 Å². The molecule has 4 heterocycles. The normalized spacial score (nSPS) is 25.4. The number of fused-ring (bicyclic) bond motifs is 3. The minimum Gasteiger partial charge on any atom is -0.508 e. The molecule has 2 N–H and O–H groups in total. The van der Waals surface area contributed by atoms with Gasteiger partial charge in [0.25, 0.3) is 0 Å². The first-order valence-electron chi connectivity index (χ1n) is 15.7. The molecule has 3 aromatic carbocycles. The Hall–Kier alpha value is -3.70. The number of aliphatic hydroxyl groups excluding tert-OH is 1. The molecule has 0 saturated carbocycles. The number of aromatic hydroxyl groups is 1. The molecule has 4 aromatic rings. The highest BCUT2D eigenvalue weighted by Gasteiger charge is 2.49. The van der Waals surface area contributed by atoms with E-state index in [2.05, 4.69) is 14.9 Å². The molecule has 3 aliphatic rings. The number of aliphatic hydroxyl groups is 1. The Labute approximate surface area is 258 Å². The van der Waals surface area contributed by atoms with Crippen molar-refractivity contribution >= 4 is 27.5 Å². The maximum absolute atomic E-state index is 16.8. The number of aromatic nitrogens is 2. The van der Waals surface area contributed by atoms with Crippen LogP contribution < -0.4 is 9.64 Å². The molecular formula is C34H36F4N4O3. The fourth-order valence-electron chi connectivity index (χ4n) is 7.80. The van der Waals surface area contributed by atoms with Crippen molar-refractivity contribution in [2.45, 2.75) is 76.2 Å². The molecule has 0 bridgehead atoms. The Morgan fingerprint density at radius 2 is 1.89 bits per heavy atom. The first-order valence-corrected chi connectivity index (χ1v) is 15.7. The molecule has 7 nitrogen and oxygen atoms in total. The summed E-state index contributed by atoms with van der Waals surface area (Å²) in [5.74, 6) is -2.45. The van der Waals surface area contributed by atoms with Crippen molar-refractivity contribution in [2.75, 3.05) is 31.1 Å². The first-order chi connectivity index (χ1) is 21.6. The number of hydrogen-bond acceptors (Lipinski definition) is 7. The van der Waals surface area contributed by atoms with Gasteiger partial charge in [0.05, 0.1) is 23.2 Å².